The summed E-state index contributed by atoms with van der Waals surface area (Å²) < 4.78 is 19.9. The van der Waals surface area contributed by atoms with Gasteiger partial charge in [0, 0.05) is 12.6 Å². The van der Waals surface area contributed by atoms with Crippen molar-refractivity contribution < 1.29 is 9.13 Å². The molecular formula is C12H12ClFN2O. The highest BCUT2D eigenvalue weighted by Crippen LogP contribution is 2.37. The normalized spacial score (nSPS) is 10.6. The van der Waals surface area contributed by atoms with Gasteiger partial charge in [0.15, 0.2) is 0 Å². The quantitative estimate of drug-likeness (QED) is 0.823. The van der Waals surface area contributed by atoms with Gasteiger partial charge in [0.05, 0.1) is 23.4 Å². The Morgan fingerprint density at radius 1 is 1.41 bits per heavy atom. The van der Waals surface area contributed by atoms with Crippen LogP contribution in [0.15, 0.2) is 18.2 Å². The Kier molecular flexibility index (Phi) is 3.07. The van der Waals surface area contributed by atoms with Crippen LogP contribution in [0.5, 0.6) is 5.88 Å². The maximum atomic E-state index is 13.0. The number of aromatic nitrogens is 2. The minimum atomic E-state index is -0.362. The van der Waals surface area contributed by atoms with Crippen LogP contribution in [0.1, 0.15) is 5.69 Å². The molecule has 90 valence electrons. The van der Waals surface area contributed by atoms with Crippen molar-refractivity contribution in [1.82, 2.24) is 9.78 Å². The molecule has 0 bridgehead atoms. The minimum Gasteiger partial charge on any atom is -0.481 e. The van der Waals surface area contributed by atoms with Gasteiger partial charge < -0.3 is 4.74 Å². The molecule has 0 radical (unpaired) electrons. The van der Waals surface area contributed by atoms with Gasteiger partial charge >= 0.3 is 0 Å². The summed E-state index contributed by atoms with van der Waals surface area (Å²) in [5.41, 5.74) is 2.30. The zero-order valence-corrected chi connectivity index (χ0v) is 10.5. The highest BCUT2D eigenvalue weighted by Gasteiger charge is 2.18. The summed E-state index contributed by atoms with van der Waals surface area (Å²) in [6.07, 6.45) is 0. The van der Waals surface area contributed by atoms with Crippen molar-refractivity contribution in [3.05, 3.63) is 34.7 Å². The van der Waals surface area contributed by atoms with E-state index in [-0.39, 0.29) is 5.82 Å². The summed E-state index contributed by atoms with van der Waals surface area (Å²) in [6, 6.07) is 4.28. The molecule has 1 aromatic heterocycles. The number of ether oxygens (including phenoxy) is 1. The average Bonchev–Trinajstić information content (AvgIpc) is 2.53. The molecule has 0 amide bonds. The molecule has 17 heavy (non-hydrogen) atoms. The SMILES string of the molecule is COc1c(-c2ccc(F)cc2Cl)c(C)nn1C. The van der Waals surface area contributed by atoms with E-state index < -0.39 is 0 Å². The molecule has 0 aliphatic carbocycles. The molecule has 1 aromatic carbocycles. The van der Waals surface area contributed by atoms with Crippen LogP contribution in [0.25, 0.3) is 11.1 Å². The number of rotatable bonds is 2. The van der Waals surface area contributed by atoms with Crippen molar-refractivity contribution >= 4 is 11.6 Å². The molecule has 0 atom stereocenters. The highest BCUT2D eigenvalue weighted by molar-refractivity contribution is 6.33. The smallest absolute Gasteiger partial charge is 0.219 e. The predicted octanol–water partition coefficient (Wildman–Crippen LogP) is 3.20. The summed E-state index contributed by atoms with van der Waals surface area (Å²) in [5.74, 6) is 0.246. The molecule has 1 heterocycles. The summed E-state index contributed by atoms with van der Waals surface area (Å²) in [5, 5.41) is 4.61. The third kappa shape index (κ3) is 2.00. The van der Waals surface area contributed by atoms with Gasteiger partial charge in [-0.2, -0.15) is 5.10 Å². The van der Waals surface area contributed by atoms with Crippen LogP contribution in [-0.4, -0.2) is 16.9 Å². The second-order valence-electron chi connectivity index (χ2n) is 3.72. The third-order valence-corrected chi connectivity index (χ3v) is 2.88. The molecule has 0 aliphatic heterocycles. The summed E-state index contributed by atoms with van der Waals surface area (Å²) >= 11 is 6.04. The van der Waals surface area contributed by atoms with E-state index in [0.717, 1.165) is 16.8 Å². The standard InChI is InChI=1S/C12H12ClFN2O/c1-7-11(12(17-3)16(2)15-7)9-5-4-8(14)6-10(9)13/h4-6H,1-3H3. The molecule has 0 fully saturated rings. The Morgan fingerprint density at radius 3 is 2.71 bits per heavy atom. The Hall–Kier alpha value is -1.55. The van der Waals surface area contributed by atoms with Gasteiger partial charge in [-0.25, -0.2) is 9.07 Å². The fraction of sp³-hybridized carbons (Fsp3) is 0.250. The number of benzene rings is 1. The number of halogens is 2. The van der Waals surface area contributed by atoms with Crippen LogP contribution in [0.2, 0.25) is 5.02 Å². The largest absolute Gasteiger partial charge is 0.481 e. The van der Waals surface area contributed by atoms with Gasteiger partial charge in [0.25, 0.3) is 0 Å². The summed E-state index contributed by atoms with van der Waals surface area (Å²) in [4.78, 5) is 0. The van der Waals surface area contributed by atoms with Gasteiger partial charge in [0.1, 0.15) is 5.82 Å². The van der Waals surface area contributed by atoms with Crippen LogP contribution in [0, 0.1) is 12.7 Å². The minimum absolute atomic E-state index is 0.347. The monoisotopic (exact) mass is 254 g/mol. The first-order chi connectivity index (χ1) is 8.04. The molecule has 5 heteroatoms. The van der Waals surface area contributed by atoms with E-state index in [2.05, 4.69) is 5.10 Å². The van der Waals surface area contributed by atoms with E-state index in [1.165, 1.54) is 12.1 Å². The molecule has 0 saturated heterocycles. The van der Waals surface area contributed by atoms with E-state index in [1.807, 2.05) is 6.92 Å². The van der Waals surface area contributed by atoms with E-state index in [9.17, 15) is 4.39 Å². The van der Waals surface area contributed by atoms with E-state index in [0.29, 0.717) is 10.9 Å². The van der Waals surface area contributed by atoms with Crippen molar-refractivity contribution in [2.24, 2.45) is 7.05 Å². The molecule has 0 unspecified atom stereocenters. The first-order valence-electron chi connectivity index (χ1n) is 5.07. The summed E-state index contributed by atoms with van der Waals surface area (Å²) in [6.45, 7) is 1.86. The first-order valence-corrected chi connectivity index (χ1v) is 5.45. The van der Waals surface area contributed by atoms with Gasteiger partial charge in [-0.3, -0.25) is 0 Å². The number of hydrogen-bond acceptors (Lipinski definition) is 2. The first kappa shape index (κ1) is 11.9. The van der Waals surface area contributed by atoms with Crippen LogP contribution in [-0.2, 0) is 7.05 Å². The Labute approximate surface area is 104 Å². The molecule has 0 aliphatic rings. The number of methoxy groups -OCH3 is 1. The second kappa shape index (κ2) is 4.37. The maximum absolute atomic E-state index is 13.0. The zero-order valence-electron chi connectivity index (χ0n) is 9.79. The molecule has 2 aromatic rings. The lowest BCUT2D eigenvalue weighted by molar-refractivity contribution is 0.375. The van der Waals surface area contributed by atoms with Gasteiger partial charge in [-0.1, -0.05) is 11.6 Å². The Morgan fingerprint density at radius 2 is 2.12 bits per heavy atom. The highest BCUT2D eigenvalue weighted by atomic mass is 35.5. The van der Waals surface area contributed by atoms with Crippen LogP contribution in [0.3, 0.4) is 0 Å². The predicted molar refractivity (Wildman–Crippen MR) is 64.9 cm³/mol. The molecular weight excluding hydrogens is 243 g/mol. The molecule has 0 spiro atoms. The van der Waals surface area contributed by atoms with E-state index in [4.69, 9.17) is 16.3 Å². The lowest BCUT2D eigenvalue weighted by Gasteiger charge is -2.07. The van der Waals surface area contributed by atoms with Crippen LogP contribution < -0.4 is 4.74 Å². The van der Waals surface area contributed by atoms with E-state index in [1.54, 1.807) is 24.9 Å². The molecule has 0 saturated carbocycles. The van der Waals surface area contributed by atoms with Gasteiger partial charge in [-0.15, -0.1) is 0 Å². The summed E-state index contributed by atoms with van der Waals surface area (Å²) in [7, 11) is 3.35. The average molecular weight is 255 g/mol. The Bertz CT molecular complexity index is 566. The molecule has 2 rings (SSSR count). The number of hydrogen-bond donors (Lipinski definition) is 0. The van der Waals surface area contributed by atoms with Crippen molar-refractivity contribution in [1.29, 1.82) is 0 Å². The van der Waals surface area contributed by atoms with Crippen molar-refractivity contribution in [3.8, 4) is 17.0 Å². The van der Waals surface area contributed by atoms with Crippen LogP contribution in [0.4, 0.5) is 4.39 Å². The van der Waals surface area contributed by atoms with Crippen LogP contribution >= 0.6 is 11.6 Å². The lowest BCUT2D eigenvalue weighted by Crippen LogP contribution is -1.95. The lowest BCUT2D eigenvalue weighted by atomic mass is 10.1. The maximum Gasteiger partial charge on any atom is 0.219 e. The molecule has 3 nitrogen and oxygen atoms in total. The zero-order chi connectivity index (χ0) is 12.6. The second-order valence-corrected chi connectivity index (χ2v) is 4.12. The van der Waals surface area contributed by atoms with Crippen molar-refractivity contribution in [2.45, 2.75) is 6.92 Å². The fourth-order valence-electron chi connectivity index (χ4n) is 1.87. The molecule has 0 N–H and O–H groups in total. The Balaban J connectivity index is 2.67. The third-order valence-electron chi connectivity index (χ3n) is 2.56. The van der Waals surface area contributed by atoms with Gasteiger partial charge in [-0.05, 0) is 25.1 Å². The topological polar surface area (TPSA) is 27.1 Å². The van der Waals surface area contributed by atoms with Gasteiger partial charge in [0.2, 0.25) is 5.88 Å². The van der Waals surface area contributed by atoms with E-state index >= 15 is 0 Å². The number of nitrogens with zero attached hydrogens (tertiary/aromatic N) is 2. The van der Waals surface area contributed by atoms with Crippen molar-refractivity contribution in [2.75, 3.05) is 7.11 Å². The fourth-order valence-corrected chi connectivity index (χ4v) is 2.14. The number of aryl methyl sites for hydroxylation is 2. The van der Waals surface area contributed by atoms with Crippen molar-refractivity contribution in [3.63, 3.8) is 0 Å².